The van der Waals surface area contributed by atoms with Crippen molar-refractivity contribution in [3.8, 4) is 0 Å². The van der Waals surface area contributed by atoms with E-state index in [9.17, 15) is 14.4 Å². The number of amides is 3. The van der Waals surface area contributed by atoms with E-state index in [0.29, 0.717) is 18.7 Å². The Morgan fingerprint density at radius 2 is 1.50 bits per heavy atom. The molecular weight excluding hydrogens is 376 g/mol. The van der Waals surface area contributed by atoms with Crippen LogP contribution in [-0.4, -0.2) is 28.7 Å². The number of aryl methyl sites for hydroxylation is 2. The molecule has 1 unspecified atom stereocenters. The number of nitrogens with zero attached hydrogens (tertiary/aromatic N) is 2. The summed E-state index contributed by atoms with van der Waals surface area (Å²) in [6.07, 6.45) is 0.315. The number of anilines is 1. The molecule has 0 radical (unpaired) electrons. The lowest BCUT2D eigenvalue weighted by molar-refractivity contribution is -0.140. The van der Waals surface area contributed by atoms with Gasteiger partial charge in [-0.1, -0.05) is 68.3 Å². The van der Waals surface area contributed by atoms with Crippen molar-refractivity contribution < 1.29 is 14.4 Å². The Balaban J connectivity index is 1.90. The van der Waals surface area contributed by atoms with E-state index in [1.54, 1.807) is 17.0 Å². The Hall–Kier alpha value is -2.95. The number of hydrogen-bond donors (Lipinski definition) is 0. The molecular formula is C25H30N2O3. The summed E-state index contributed by atoms with van der Waals surface area (Å²) < 4.78 is 0. The average Bonchev–Trinajstić information content (AvgIpc) is 2.94. The van der Waals surface area contributed by atoms with Crippen molar-refractivity contribution in [2.24, 2.45) is 5.41 Å². The largest absolute Gasteiger partial charge is 0.326 e. The first-order valence-corrected chi connectivity index (χ1v) is 10.3. The molecule has 158 valence electrons. The van der Waals surface area contributed by atoms with Crippen molar-refractivity contribution in [3.63, 3.8) is 0 Å². The zero-order valence-electron chi connectivity index (χ0n) is 18.4. The van der Waals surface area contributed by atoms with Crippen LogP contribution < -0.4 is 4.90 Å². The average molecular weight is 407 g/mol. The lowest BCUT2D eigenvalue weighted by Crippen LogP contribution is -2.46. The zero-order chi connectivity index (χ0) is 22.1. The summed E-state index contributed by atoms with van der Waals surface area (Å²) in [7, 11) is 0. The smallest absolute Gasteiger partial charge is 0.257 e. The highest BCUT2D eigenvalue weighted by Crippen LogP contribution is 2.29. The van der Waals surface area contributed by atoms with Crippen LogP contribution in [0.15, 0.2) is 48.5 Å². The van der Waals surface area contributed by atoms with Crippen molar-refractivity contribution in [2.75, 3.05) is 4.90 Å². The maximum atomic E-state index is 13.3. The maximum absolute atomic E-state index is 13.3. The van der Waals surface area contributed by atoms with Crippen LogP contribution in [-0.2, 0) is 20.9 Å². The van der Waals surface area contributed by atoms with Gasteiger partial charge in [0.05, 0.1) is 12.1 Å². The summed E-state index contributed by atoms with van der Waals surface area (Å²) in [6.45, 7) is 10.2. The molecule has 0 bridgehead atoms. The Morgan fingerprint density at radius 3 is 2.03 bits per heavy atom. The van der Waals surface area contributed by atoms with Crippen LogP contribution >= 0.6 is 0 Å². The molecule has 1 heterocycles. The second-order valence-electron chi connectivity index (χ2n) is 9.37. The second-order valence-corrected chi connectivity index (χ2v) is 9.37. The molecule has 1 saturated heterocycles. The topological polar surface area (TPSA) is 57.7 Å². The van der Waals surface area contributed by atoms with E-state index in [1.165, 1.54) is 4.90 Å². The van der Waals surface area contributed by atoms with Gasteiger partial charge < -0.3 is 4.90 Å². The van der Waals surface area contributed by atoms with Crippen LogP contribution in [0.25, 0.3) is 0 Å². The van der Waals surface area contributed by atoms with Gasteiger partial charge in [-0.25, -0.2) is 4.90 Å². The quantitative estimate of drug-likeness (QED) is 0.692. The van der Waals surface area contributed by atoms with Gasteiger partial charge >= 0.3 is 0 Å². The van der Waals surface area contributed by atoms with E-state index in [-0.39, 0.29) is 29.6 Å². The zero-order valence-corrected chi connectivity index (χ0v) is 18.4. The van der Waals surface area contributed by atoms with E-state index in [4.69, 9.17) is 0 Å². The summed E-state index contributed by atoms with van der Waals surface area (Å²) in [6, 6.07) is 14.4. The molecule has 0 aromatic heterocycles. The van der Waals surface area contributed by atoms with Gasteiger partial charge in [0.15, 0.2) is 0 Å². The third kappa shape index (κ3) is 4.96. The highest BCUT2D eigenvalue weighted by Gasteiger charge is 2.44. The fourth-order valence-electron chi connectivity index (χ4n) is 3.64. The highest BCUT2D eigenvalue weighted by molar-refractivity contribution is 6.23. The number of benzene rings is 2. The number of hydrogen-bond acceptors (Lipinski definition) is 3. The number of carbonyl (C=O) groups excluding carboxylic acids is 3. The Bertz CT molecular complexity index is 940. The minimum Gasteiger partial charge on any atom is -0.326 e. The van der Waals surface area contributed by atoms with E-state index < -0.39 is 6.04 Å². The lowest BCUT2D eigenvalue weighted by atomic mass is 9.91. The summed E-state index contributed by atoms with van der Waals surface area (Å²) in [5.74, 6) is -0.718. The molecule has 3 amide bonds. The second kappa shape index (κ2) is 8.42. The molecule has 1 aliphatic rings. The van der Waals surface area contributed by atoms with Crippen LogP contribution in [0.4, 0.5) is 5.69 Å². The van der Waals surface area contributed by atoms with Crippen LogP contribution in [0, 0.1) is 19.3 Å². The van der Waals surface area contributed by atoms with Gasteiger partial charge in [-0.15, -0.1) is 0 Å². The van der Waals surface area contributed by atoms with Gasteiger partial charge in [-0.2, -0.15) is 0 Å². The molecule has 0 N–H and O–H groups in total. The third-order valence-electron chi connectivity index (χ3n) is 5.27. The van der Waals surface area contributed by atoms with Crippen LogP contribution in [0.1, 0.15) is 50.3 Å². The number of rotatable bonds is 5. The van der Waals surface area contributed by atoms with Gasteiger partial charge in [0.25, 0.3) is 5.91 Å². The molecule has 3 rings (SSSR count). The molecule has 1 fully saturated rings. The van der Waals surface area contributed by atoms with Crippen LogP contribution in [0.2, 0.25) is 0 Å². The van der Waals surface area contributed by atoms with E-state index >= 15 is 0 Å². The maximum Gasteiger partial charge on any atom is 0.257 e. The van der Waals surface area contributed by atoms with Crippen molar-refractivity contribution in [3.05, 3.63) is 65.2 Å². The van der Waals surface area contributed by atoms with Gasteiger partial charge in [0.2, 0.25) is 11.8 Å². The molecule has 0 aliphatic carbocycles. The Labute approximate surface area is 178 Å². The van der Waals surface area contributed by atoms with Crippen molar-refractivity contribution in [2.45, 2.75) is 60.0 Å². The summed E-state index contributed by atoms with van der Waals surface area (Å²) in [5, 5.41) is 0. The first-order valence-electron chi connectivity index (χ1n) is 10.3. The minimum atomic E-state index is -0.782. The molecule has 2 aromatic carbocycles. The van der Waals surface area contributed by atoms with Gasteiger partial charge in [-0.3, -0.25) is 14.4 Å². The summed E-state index contributed by atoms with van der Waals surface area (Å²) >= 11 is 0. The lowest BCUT2D eigenvalue weighted by Gasteiger charge is -2.30. The van der Waals surface area contributed by atoms with Crippen molar-refractivity contribution in [1.29, 1.82) is 0 Å². The highest BCUT2D eigenvalue weighted by atomic mass is 16.2. The molecule has 1 atom stereocenters. The van der Waals surface area contributed by atoms with Crippen molar-refractivity contribution in [1.82, 2.24) is 4.90 Å². The van der Waals surface area contributed by atoms with Gasteiger partial charge in [-0.05, 0) is 37.0 Å². The van der Waals surface area contributed by atoms with E-state index in [1.807, 2.05) is 71.0 Å². The summed E-state index contributed by atoms with van der Waals surface area (Å²) in [4.78, 5) is 42.0. The fourth-order valence-corrected chi connectivity index (χ4v) is 3.64. The monoisotopic (exact) mass is 406 g/mol. The number of imide groups is 1. The van der Waals surface area contributed by atoms with E-state index in [0.717, 1.165) is 16.7 Å². The first-order chi connectivity index (χ1) is 14.0. The molecule has 30 heavy (non-hydrogen) atoms. The first kappa shape index (κ1) is 21.8. The van der Waals surface area contributed by atoms with Gasteiger partial charge in [0, 0.05) is 13.0 Å². The van der Waals surface area contributed by atoms with Crippen molar-refractivity contribution >= 4 is 23.4 Å². The van der Waals surface area contributed by atoms with Crippen LogP contribution in [0.5, 0.6) is 0 Å². The molecule has 0 saturated carbocycles. The molecule has 2 aromatic rings. The SMILES string of the molecule is Cc1ccc(CN(C(=O)CC(C)(C)C)C2CC(=O)N(c3ccc(C)cc3)C2=O)cc1. The fraction of sp³-hybridized carbons (Fsp3) is 0.400. The standard InChI is InChI=1S/C25H30N2O3/c1-17-6-10-19(11-7-17)16-26(23(29)15-25(3,4)5)21-14-22(28)27(24(21)30)20-12-8-18(2)9-13-20/h6-13,21H,14-16H2,1-5H3. The number of carbonyl (C=O) groups is 3. The minimum absolute atomic E-state index is 0.00839. The van der Waals surface area contributed by atoms with Gasteiger partial charge in [0.1, 0.15) is 6.04 Å². The Morgan fingerprint density at radius 1 is 0.967 bits per heavy atom. The third-order valence-corrected chi connectivity index (χ3v) is 5.27. The normalized spacial score (nSPS) is 16.8. The van der Waals surface area contributed by atoms with Crippen LogP contribution in [0.3, 0.4) is 0 Å². The molecule has 5 nitrogen and oxygen atoms in total. The molecule has 1 aliphatic heterocycles. The molecule has 5 heteroatoms. The van der Waals surface area contributed by atoms with E-state index in [2.05, 4.69) is 0 Å². The summed E-state index contributed by atoms with van der Waals surface area (Å²) in [5.41, 5.74) is 3.46. The molecule has 0 spiro atoms. The predicted molar refractivity (Wildman–Crippen MR) is 118 cm³/mol. The Kier molecular flexibility index (Phi) is 6.11. The predicted octanol–water partition coefficient (Wildman–Crippen LogP) is 4.40.